The van der Waals surface area contributed by atoms with E-state index in [2.05, 4.69) is 0 Å². The Bertz CT molecular complexity index is 812. The first kappa shape index (κ1) is 16.5. The molecular formula is C18H14ClF3O3. The number of fused-ring (bicyclic) bond motifs is 3. The monoisotopic (exact) mass is 370 g/mol. The molecule has 0 aromatic heterocycles. The van der Waals surface area contributed by atoms with Crippen molar-refractivity contribution < 1.29 is 27.8 Å². The topological polar surface area (TPSA) is 46.5 Å². The smallest absolute Gasteiger partial charge is 0.416 e. The average molecular weight is 371 g/mol. The van der Waals surface area contributed by atoms with E-state index in [1.54, 1.807) is 0 Å². The van der Waals surface area contributed by atoms with Gasteiger partial charge in [-0.15, -0.1) is 0 Å². The van der Waals surface area contributed by atoms with Crippen LogP contribution in [-0.2, 0) is 11.0 Å². The Kier molecular flexibility index (Phi) is 3.65. The van der Waals surface area contributed by atoms with E-state index in [1.165, 1.54) is 6.07 Å². The Morgan fingerprint density at radius 3 is 2.72 bits per heavy atom. The van der Waals surface area contributed by atoms with E-state index in [0.29, 0.717) is 12.2 Å². The predicted molar refractivity (Wildman–Crippen MR) is 84.1 cm³/mol. The highest BCUT2D eigenvalue weighted by Gasteiger charge is 2.63. The first-order valence-corrected chi connectivity index (χ1v) is 8.31. The molecule has 0 heterocycles. The maximum absolute atomic E-state index is 12.7. The third-order valence-electron chi connectivity index (χ3n) is 5.31. The third kappa shape index (κ3) is 2.82. The lowest BCUT2D eigenvalue weighted by Gasteiger charge is -2.21. The quantitative estimate of drug-likeness (QED) is 0.821. The molecule has 0 spiro atoms. The Labute approximate surface area is 146 Å². The first-order valence-electron chi connectivity index (χ1n) is 7.93. The van der Waals surface area contributed by atoms with Gasteiger partial charge >= 0.3 is 12.1 Å². The molecule has 0 saturated heterocycles. The Balaban J connectivity index is 1.47. The van der Waals surface area contributed by atoms with Gasteiger partial charge in [0.2, 0.25) is 0 Å². The maximum atomic E-state index is 12.7. The summed E-state index contributed by atoms with van der Waals surface area (Å²) in [6.45, 7) is 0. The van der Waals surface area contributed by atoms with Crippen molar-refractivity contribution in [1.82, 2.24) is 0 Å². The van der Waals surface area contributed by atoms with Gasteiger partial charge in [0.05, 0.1) is 16.5 Å². The van der Waals surface area contributed by atoms with Crippen LogP contribution < -0.4 is 4.74 Å². The van der Waals surface area contributed by atoms with Crippen molar-refractivity contribution in [3.8, 4) is 5.75 Å². The molecule has 3 aliphatic rings. The number of hydrogen-bond acceptors (Lipinski definition) is 2. The molecular weight excluding hydrogens is 357 g/mol. The SMILES string of the molecule is O=C(O)[C@H]1[C@@H]2CC3=CC(Oc4ccc(C(F)(F)F)cc4Cl)=CCC3[C@@H]21. The molecule has 0 radical (unpaired) electrons. The second-order valence-electron chi connectivity index (χ2n) is 6.72. The van der Waals surface area contributed by atoms with Crippen molar-refractivity contribution in [1.29, 1.82) is 0 Å². The van der Waals surface area contributed by atoms with Crippen molar-refractivity contribution in [2.75, 3.05) is 0 Å². The van der Waals surface area contributed by atoms with Crippen LogP contribution >= 0.6 is 11.6 Å². The lowest BCUT2D eigenvalue weighted by molar-refractivity contribution is -0.139. The van der Waals surface area contributed by atoms with Gasteiger partial charge in [0.1, 0.15) is 11.5 Å². The van der Waals surface area contributed by atoms with Gasteiger partial charge in [-0.2, -0.15) is 13.2 Å². The van der Waals surface area contributed by atoms with Gasteiger partial charge in [0.25, 0.3) is 0 Å². The molecule has 3 nitrogen and oxygen atoms in total. The predicted octanol–water partition coefficient (Wildman–Crippen LogP) is 4.92. The second-order valence-corrected chi connectivity index (χ2v) is 7.13. The summed E-state index contributed by atoms with van der Waals surface area (Å²) in [5.74, 6) is 0.400. The summed E-state index contributed by atoms with van der Waals surface area (Å²) in [7, 11) is 0. The Morgan fingerprint density at radius 1 is 1.32 bits per heavy atom. The van der Waals surface area contributed by atoms with Gasteiger partial charge in [-0.1, -0.05) is 17.2 Å². The molecule has 0 amide bonds. The molecule has 2 fully saturated rings. The minimum atomic E-state index is -4.45. The number of rotatable bonds is 3. The zero-order valence-electron chi connectivity index (χ0n) is 12.9. The van der Waals surface area contributed by atoms with Gasteiger partial charge in [0, 0.05) is 0 Å². The van der Waals surface area contributed by atoms with E-state index < -0.39 is 17.7 Å². The zero-order valence-corrected chi connectivity index (χ0v) is 13.6. The summed E-state index contributed by atoms with van der Waals surface area (Å²) >= 11 is 5.91. The summed E-state index contributed by atoms with van der Waals surface area (Å²) < 4.78 is 43.7. The lowest BCUT2D eigenvalue weighted by atomic mass is 9.87. The summed E-state index contributed by atoms with van der Waals surface area (Å²) in [4.78, 5) is 11.1. The van der Waals surface area contributed by atoms with Crippen molar-refractivity contribution in [3.05, 3.63) is 52.3 Å². The minimum absolute atomic E-state index is 0.101. The van der Waals surface area contributed by atoms with Gasteiger partial charge < -0.3 is 9.84 Å². The third-order valence-corrected chi connectivity index (χ3v) is 5.61. The van der Waals surface area contributed by atoms with Crippen LogP contribution in [0.2, 0.25) is 5.02 Å². The van der Waals surface area contributed by atoms with Crippen molar-refractivity contribution in [3.63, 3.8) is 0 Å². The molecule has 1 aromatic rings. The average Bonchev–Trinajstić information content (AvgIpc) is 3.12. The number of carboxylic acid groups (broad SMARTS) is 1. The van der Waals surface area contributed by atoms with Gasteiger partial charge in [0.15, 0.2) is 0 Å². The van der Waals surface area contributed by atoms with Gasteiger partial charge in [-0.05, 0) is 60.9 Å². The molecule has 4 rings (SSSR count). The van der Waals surface area contributed by atoms with Crippen LogP contribution in [0.15, 0.2) is 41.7 Å². The van der Waals surface area contributed by atoms with Gasteiger partial charge in [-0.25, -0.2) is 0 Å². The number of alkyl halides is 3. The van der Waals surface area contributed by atoms with Gasteiger partial charge in [-0.3, -0.25) is 4.79 Å². The van der Waals surface area contributed by atoms with Crippen LogP contribution in [0.1, 0.15) is 18.4 Å². The lowest BCUT2D eigenvalue weighted by Crippen LogP contribution is -2.14. The van der Waals surface area contributed by atoms with Crippen LogP contribution in [0.25, 0.3) is 0 Å². The molecule has 0 aliphatic heterocycles. The van der Waals surface area contributed by atoms with E-state index in [-0.39, 0.29) is 34.4 Å². The van der Waals surface area contributed by atoms with E-state index in [9.17, 15) is 18.0 Å². The first-order chi connectivity index (χ1) is 11.8. The Hall–Kier alpha value is -1.95. The maximum Gasteiger partial charge on any atom is 0.416 e. The van der Waals surface area contributed by atoms with E-state index in [0.717, 1.165) is 24.1 Å². The van der Waals surface area contributed by atoms with Crippen LogP contribution in [0.4, 0.5) is 13.2 Å². The molecule has 0 bridgehead atoms. The molecule has 25 heavy (non-hydrogen) atoms. The molecule has 1 N–H and O–H groups in total. The van der Waals surface area contributed by atoms with Crippen LogP contribution in [0.5, 0.6) is 5.75 Å². The number of carboxylic acids is 1. The summed E-state index contributed by atoms with van der Waals surface area (Å²) in [6, 6.07) is 2.99. The van der Waals surface area contributed by atoms with Crippen LogP contribution in [-0.4, -0.2) is 11.1 Å². The summed E-state index contributed by atoms with van der Waals surface area (Å²) in [5.41, 5.74) is 0.338. The normalized spacial score (nSPS) is 30.1. The Morgan fingerprint density at radius 2 is 2.08 bits per heavy atom. The second kappa shape index (κ2) is 5.53. The van der Waals surface area contributed by atoms with Crippen molar-refractivity contribution >= 4 is 17.6 Å². The zero-order chi connectivity index (χ0) is 17.9. The number of halogens is 4. The van der Waals surface area contributed by atoms with Crippen molar-refractivity contribution in [2.45, 2.75) is 19.0 Å². The van der Waals surface area contributed by atoms with E-state index >= 15 is 0 Å². The fourth-order valence-electron chi connectivity index (χ4n) is 4.15. The molecule has 4 atom stereocenters. The van der Waals surface area contributed by atoms with Crippen LogP contribution in [0, 0.1) is 23.7 Å². The standard InChI is InChI=1S/C18H14ClF3O3/c19-13-7-9(18(20,21)22)1-4-14(13)25-10-2-3-11-8(5-10)6-12-15(11)16(12)17(23)24/h1-2,4-5,7,11-12,15-16H,3,6H2,(H,23,24)/t11?,12-,15+,16+/m1/s1. The minimum Gasteiger partial charge on any atom is -0.481 e. The number of carbonyl (C=O) groups is 1. The molecule has 3 aliphatic carbocycles. The van der Waals surface area contributed by atoms with E-state index in [4.69, 9.17) is 21.4 Å². The fraction of sp³-hybridized carbons (Fsp3) is 0.389. The summed E-state index contributed by atoms with van der Waals surface area (Å²) in [5, 5.41) is 9.05. The molecule has 7 heteroatoms. The van der Waals surface area contributed by atoms with E-state index in [1.807, 2.05) is 12.2 Å². The number of ether oxygens (including phenoxy) is 1. The highest BCUT2D eigenvalue weighted by atomic mass is 35.5. The molecule has 1 aromatic carbocycles. The van der Waals surface area contributed by atoms with Crippen molar-refractivity contribution in [2.24, 2.45) is 23.7 Å². The largest absolute Gasteiger partial charge is 0.481 e. The molecule has 132 valence electrons. The highest BCUT2D eigenvalue weighted by molar-refractivity contribution is 6.32. The molecule has 1 unspecified atom stereocenters. The number of benzene rings is 1. The fourth-order valence-corrected chi connectivity index (χ4v) is 4.37. The number of allylic oxidation sites excluding steroid dienone is 3. The molecule has 2 saturated carbocycles. The number of hydrogen-bond donors (Lipinski definition) is 1. The highest BCUT2D eigenvalue weighted by Crippen LogP contribution is 2.64. The summed E-state index contributed by atoms with van der Waals surface area (Å²) in [6.07, 6.45) is 0.695. The number of aliphatic carboxylic acids is 1. The van der Waals surface area contributed by atoms with Crippen LogP contribution in [0.3, 0.4) is 0 Å².